The SMILES string of the molecule is O=C(O)c1cc(-c2nc(-c3ccc(F)cc3)cs2)ccc1-c1ccccc1[N+](=O)[O-].[Na+].[OH-]. The van der Waals surface area contributed by atoms with Crippen molar-refractivity contribution in [2.75, 3.05) is 0 Å². The second kappa shape index (κ2) is 10.6. The van der Waals surface area contributed by atoms with Crippen LogP contribution in [0.3, 0.4) is 0 Å². The molecular weight excluding hydrogens is 446 g/mol. The average Bonchev–Trinajstić information content (AvgIpc) is 3.24. The summed E-state index contributed by atoms with van der Waals surface area (Å²) in [6.45, 7) is 0. The zero-order valence-corrected chi connectivity index (χ0v) is 19.5. The monoisotopic (exact) mass is 460 g/mol. The third kappa shape index (κ3) is 5.09. The van der Waals surface area contributed by atoms with E-state index in [9.17, 15) is 24.4 Å². The van der Waals surface area contributed by atoms with Crippen LogP contribution >= 0.6 is 11.3 Å². The molecule has 0 atom stereocenters. The van der Waals surface area contributed by atoms with Crippen molar-refractivity contribution < 1.29 is 54.2 Å². The quantitative estimate of drug-likeness (QED) is 0.278. The van der Waals surface area contributed by atoms with Crippen LogP contribution in [-0.2, 0) is 0 Å². The molecule has 0 bridgehead atoms. The number of nitro benzene ring substituents is 1. The molecule has 0 fully saturated rings. The van der Waals surface area contributed by atoms with E-state index in [4.69, 9.17) is 0 Å². The summed E-state index contributed by atoms with van der Waals surface area (Å²) in [6, 6.07) is 16.6. The Hall–Kier alpha value is -2.95. The maximum Gasteiger partial charge on any atom is 1.00 e. The van der Waals surface area contributed by atoms with Crippen molar-refractivity contribution in [3.8, 4) is 33.0 Å². The molecule has 0 aliphatic rings. The van der Waals surface area contributed by atoms with E-state index in [1.165, 1.54) is 47.7 Å². The van der Waals surface area contributed by atoms with Crippen molar-refractivity contribution in [2.24, 2.45) is 0 Å². The maximum absolute atomic E-state index is 13.1. The van der Waals surface area contributed by atoms with E-state index in [1.807, 2.05) is 0 Å². The van der Waals surface area contributed by atoms with Crippen molar-refractivity contribution in [2.45, 2.75) is 0 Å². The number of carboxylic acids is 1. The maximum atomic E-state index is 13.1. The van der Waals surface area contributed by atoms with Crippen LogP contribution in [0.5, 0.6) is 0 Å². The number of benzene rings is 3. The second-order valence-corrected chi connectivity index (χ2v) is 7.24. The number of para-hydroxylation sites is 1. The Balaban J connectivity index is 0.00000181. The summed E-state index contributed by atoms with van der Waals surface area (Å²) in [5, 5.41) is 23.5. The number of carbonyl (C=O) groups is 1. The van der Waals surface area contributed by atoms with E-state index in [-0.39, 0.29) is 63.2 Å². The Bertz CT molecular complexity index is 1280. The van der Waals surface area contributed by atoms with Gasteiger partial charge in [-0.25, -0.2) is 14.2 Å². The van der Waals surface area contributed by atoms with Crippen LogP contribution in [0.25, 0.3) is 33.0 Å². The molecule has 0 radical (unpaired) electrons. The molecule has 1 aromatic heterocycles. The third-order valence-corrected chi connectivity index (χ3v) is 5.42. The Morgan fingerprint density at radius 1 is 1.00 bits per heavy atom. The number of rotatable bonds is 5. The fourth-order valence-corrected chi connectivity index (χ4v) is 3.94. The molecule has 0 saturated carbocycles. The van der Waals surface area contributed by atoms with Crippen LogP contribution in [0.4, 0.5) is 10.1 Å². The smallest absolute Gasteiger partial charge is 0.870 e. The van der Waals surface area contributed by atoms with Crippen LogP contribution in [0, 0.1) is 15.9 Å². The minimum Gasteiger partial charge on any atom is -0.870 e. The minimum absolute atomic E-state index is 0. The Labute approximate surface area is 207 Å². The summed E-state index contributed by atoms with van der Waals surface area (Å²) < 4.78 is 13.1. The molecule has 32 heavy (non-hydrogen) atoms. The Kier molecular flexibility index (Phi) is 8.37. The normalized spacial score (nSPS) is 10.0. The van der Waals surface area contributed by atoms with Gasteiger partial charge in [0, 0.05) is 28.1 Å². The van der Waals surface area contributed by atoms with Gasteiger partial charge < -0.3 is 10.6 Å². The summed E-state index contributed by atoms with van der Waals surface area (Å²) in [7, 11) is 0. The molecule has 7 nitrogen and oxygen atoms in total. The molecule has 10 heteroatoms. The first kappa shape index (κ1) is 25.3. The van der Waals surface area contributed by atoms with Gasteiger partial charge in [-0.2, -0.15) is 0 Å². The number of halogens is 1. The van der Waals surface area contributed by atoms with Crippen LogP contribution in [0.2, 0.25) is 0 Å². The number of thiazole rings is 1. The Morgan fingerprint density at radius 2 is 1.66 bits per heavy atom. The van der Waals surface area contributed by atoms with Crippen molar-refractivity contribution >= 4 is 23.0 Å². The molecule has 3 aromatic carbocycles. The predicted octanol–water partition coefficient (Wildman–Crippen LogP) is 2.72. The molecular formula is C22H14FN2NaO5S. The van der Waals surface area contributed by atoms with E-state index in [0.717, 1.165) is 5.56 Å². The molecule has 0 aliphatic heterocycles. The third-order valence-electron chi connectivity index (χ3n) is 4.53. The standard InChI is InChI=1S/C22H13FN2O4S.Na.H2O/c23-15-8-5-13(6-9-15)19-12-30-21(24-19)14-7-10-16(18(11-14)22(26)27)17-3-1-2-4-20(17)25(28)29;;/h1-12H,(H,26,27);;1H2/q;+1;/p-1. The van der Waals surface area contributed by atoms with Gasteiger partial charge in [0.2, 0.25) is 0 Å². The number of hydrogen-bond acceptors (Lipinski definition) is 6. The van der Waals surface area contributed by atoms with Crippen LogP contribution in [0.15, 0.2) is 72.1 Å². The van der Waals surface area contributed by atoms with Crippen LogP contribution in [0.1, 0.15) is 10.4 Å². The van der Waals surface area contributed by atoms with Crippen LogP contribution < -0.4 is 29.6 Å². The summed E-state index contributed by atoms with van der Waals surface area (Å²) in [5.74, 6) is -1.54. The van der Waals surface area contributed by atoms with Gasteiger partial charge in [-0.1, -0.05) is 24.3 Å². The van der Waals surface area contributed by atoms with Crippen molar-refractivity contribution in [3.05, 3.63) is 93.6 Å². The van der Waals surface area contributed by atoms with E-state index in [1.54, 1.807) is 35.7 Å². The van der Waals surface area contributed by atoms with E-state index in [0.29, 0.717) is 16.3 Å². The summed E-state index contributed by atoms with van der Waals surface area (Å²) in [4.78, 5) is 27.2. The van der Waals surface area contributed by atoms with Crippen molar-refractivity contribution in [3.63, 3.8) is 0 Å². The average molecular weight is 460 g/mol. The van der Waals surface area contributed by atoms with Gasteiger partial charge in [0.1, 0.15) is 10.8 Å². The first-order valence-electron chi connectivity index (χ1n) is 8.77. The first-order valence-corrected chi connectivity index (χ1v) is 9.65. The van der Waals surface area contributed by atoms with Gasteiger partial charge >= 0.3 is 35.5 Å². The molecule has 0 unspecified atom stereocenters. The number of hydrogen-bond donors (Lipinski definition) is 1. The number of aromatic carboxylic acids is 1. The van der Waals surface area contributed by atoms with Gasteiger partial charge in [-0.3, -0.25) is 10.1 Å². The van der Waals surface area contributed by atoms with Gasteiger partial charge in [0.05, 0.1) is 21.7 Å². The largest absolute Gasteiger partial charge is 1.00 e. The molecule has 156 valence electrons. The van der Waals surface area contributed by atoms with Gasteiger partial charge in [-0.15, -0.1) is 11.3 Å². The van der Waals surface area contributed by atoms with Gasteiger partial charge in [-0.05, 0) is 36.4 Å². The van der Waals surface area contributed by atoms with Crippen molar-refractivity contribution in [1.29, 1.82) is 0 Å². The number of nitrogens with zero attached hydrogens (tertiary/aromatic N) is 2. The molecule has 4 rings (SSSR count). The number of carboxylic acid groups (broad SMARTS) is 1. The topological polar surface area (TPSA) is 123 Å². The predicted molar refractivity (Wildman–Crippen MR) is 114 cm³/mol. The number of nitro groups is 1. The fourth-order valence-electron chi connectivity index (χ4n) is 3.11. The molecule has 2 N–H and O–H groups in total. The zero-order chi connectivity index (χ0) is 21.3. The van der Waals surface area contributed by atoms with E-state index < -0.39 is 10.9 Å². The summed E-state index contributed by atoms with van der Waals surface area (Å²) >= 11 is 1.33. The van der Waals surface area contributed by atoms with Gasteiger partial charge in [0.25, 0.3) is 5.69 Å². The van der Waals surface area contributed by atoms with Crippen LogP contribution in [-0.4, -0.2) is 26.5 Å². The minimum atomic E-state index is -1.19. The molecule has 4 aromatic rings. The molecule has 1 heterocycles. The van der Waals surface area contributed by atoms with Crippen molar-refractivity contribution in [1.82, 2.24) is 4.98 Å². The summed E-state index contributed by atoms with van der Waals surface area (Å²) in [5.41, 5.74) is 2.24. The molecule has 0 saturated heterocycles. The fraction of sp³-hybridized carbons (Fsp3) is 0. The Morgan fingerprint density at radius 3 is 2.31 bits per heavy atom. The first-order chi connectivity index (χ1) is 14.4. The van der Waals surface area contributed by atoms with E-state index in [2.05, 4.69) is 4.98 Å². The van der Waals surface area contributed by atoms with Gasteiger partial charge in [0.15, 0.2) is 0 Å². The summed E-state index contributed by atoms with van der Waals surface area (Å²) in [6.07, 6.45) is 0. The zero-order valence-electron chi connectivity index (χ0n) is 16.7. The molecule has 0 spiro atoms. The second-order valence-electron chi connectivity index (χ2n) is 6.38. The van der Waals surface area contributed by atoms with E-state index >= 15 is 0 Å². The molecule has 0 aliphatic carbocycles. The molecule has 0 amide bonds. The number of aromatic nitrogens is 1.